The predicted octanol–water partition coefficient (Wildman–Crippen LogP) is 4.52. The number of hydrogen-bond donors (Lipinski definition) is 1. The first kappa shape index (κ1) is 24.0. The number of nitrogens with one attached hydrogen (secondary N) is 1. The molecule has 0 aliphatic heterocycles. The minimum absolute atomic E-state index is 0.340. The molecule has 0 unspecified atom stereocenters. The number of amides is 1. The largest absolute Gasteiger partial charge is 0.497 e. The summed E-state index contributed by atoms with van der Waals surface area (Å²) >= 11 is 0. The molecule has 8 nitrogen and oxygen atoms in total. The van der Waals surface area contributed by atoms with Gasteiger partial charge in [-0.15, -0.1) is 5.10 Å². The molecular weight excluding hydrogens is 420 g/mol. The molecule has 0 fully saturated rings. The van der Waals surface area contributed by atoms with E-state index in [0.717, 1.165) is 28.5 Å². The molecule has 0 radical (unpaired) electrons. The Labute approximate surface area is 195 Å². The highest BCUT2D eigenvalue weighted by Gasteiger charge is 2.16. The fourth-order valence-corrected chi connectivity index (χ4v) is 3.07. The van der Waals surface area contributed by atoms with Crippen LogP contribution in [0.2, 0.25) is 0 Å². The van der Waals surface area contributed by atoms with Crippen molar-refractivity contribution >= 4 is 11.9 Å². The molecule has 0 aliphatic rings. The number of benzene rings is 2. The number of alkyl carbamates (subject to hydrolysis) is 1. The van der Waals surface area contributed by atoms with E-state index in [1.807, 2.05) is 99.0 Å². The Bertz CT molecular complexity index is 1050. The Morgan fingerprint density at radius 1 is 1.03 bits per heavy atom. The summed E-state index contributed by atoms with van der Waals surface area (Å²) in [5, 5.41) is 7.44. The van der Waals surface area contributed by atoms with Gasteiger partial charge in [0.05, 0.1) is 25.0 Å². The van der Waals surface area contributed by atoms with E-state index in [1.165, 1.54) is 0 Å². The SMILES string of the molecule is COc1ccc(-n2nc(N(C)C)cc2-c2ccc(OCCNC(=O)OC(C)(C)C)cc2)cc1. The molecule has 0 aliphatic carbocycles. The molecule has 3 aromatic rings. The normalized spacial score (nSPS) is 11.1. The molecule has 33 heavy (non-hydrogen) atoms. The average molecular weight is 453 g/mol. The van der Waals surface area contributed by atoms with Gasteiger partial charge in [0.25, 0.3) is 0 Å². The van der Waals surface area contributed by atoms with Crippen molar-refractivity contribution in [1.29, 1.82) is 0 Å². The second-order valence-electron chi connectivity index (χ2n) is 8.69. The van der Waals surface area contributed by atoms with Crippen LogP contribution in [0.3, 0.4) is 0 Å². The molecule has 2 aromatic carbocycles. The van der Waals surface area contributed by atoms with Gasteiger partial charge in [0.2, 0.25) is 0 Å². The Kier molecular flexibility index (Phi) is 7.48. The molecule has 0 saturated heterocycles. The summed E-state index contributed by atoms with van der Waals surface area (Å²) in [6.45, 7) is 6.17. The van der Waals surface area contributed by atoms with Gasteiger partial charge in [0.15, 0.2) is 5.82 Å². The average Bonchev–Trinajstić information content (AvgIpc) is 3.22. The van der Waals surface area contributed by atoms with Gasteiger partial charge < -0.3 is 24.4 Å². The number of aromatic nitrogens is 2. The second-order valence-corrected chi connectivity index (χ2v) is 8.69. The standard InChI is InChI=1S/C25H32N4O4/c1-25(2,3)33-24(30)26-15-16-32-21-11-7-18(8-12-21)22-17-23(28(4)5)27-29(22)19-9-13-20(31-6)14-10-19/h7-14,17H,15-16H2,1-6H3,(H,26,30). The molecule has 1 amide bonds. The van der Waals surface area contributed by atoms with Crippen LogP contribution in [0, 0.1) is 0 Å². The maximum atomic E-state index is 11.7. The van der Waals surface area contributed by atoms with Crippen molar-refractivity contribution in [2.24, 2.45) is 0 Å². The Hall–Kier alpha value is -3.68. The lowest BCUT2D eigenvalue weighted by atomic mass is 10.1. The van der Waals surface area contributed by atoms with E-state index in [0.29, 0.717) is 18.9 Å². The molecule has 176 valence electrons. The van der Waals surface area contributed by atoms with E-state index in [-0.39, 0.29) is 0 Å². The summed E-state index contributed by atoms with van der Waals surface area (Å²) in [7, 11) is 5.58. The number of anilines is 1. The van der Waals surface area contributed by atoms with Gasteiger partial charge in [-0.3, -0.25) is 0 Å². The zero-order chi connectivity index (χ0) is 24.0. The minimum atomic E-state index is -0.522. The number of hydrogen-bond acceptors (Lipinski definition) is 6. The molecule has 0 bridgehead atoms. The van der Waals surface area contributed by atoms with E-state index in [1.54, 1.807) is 7.11 Å². The summed E-state index contributed by atoms with van der Waals surface area (Å²) in [4.78, 5) is 13.7. The molecule has 0 saturated carbocycles. The summed E-state index contributed by atoms with van der Waals surface area (Å²) in [6.07, 6.45) is -0.454. The van der Waals surface area contributed by atoms with Crippen molar-refractivity contribution in [3.05, 3.63) is 54.6 Å². The molecule has 3 rings (SSSR count). The molecule has 8 heteroatoms. The van der Waals surface area contributed by atoms with Crippen LogP contribution >= 0.6 is 0 Å². The maximum absolute atomic E-state index is 11.7. The third kappa shape index (κ3) is 6.65. The lowest BCUT2D eigenvalue weighted by Crippen LogP contribution is -2.34. The number of nitrogens with zero attached hydrogens (tertiary/aromatic N) is 3. The van der Waals surface area contributed by atoms with Crippen LogP contribution in [-0.4, -0.2) is 55.8 Å². The zero-order valence-electron chi connectivity index (χ0n) is 20.1. The van der Waals surface area contributed by atoms with Crippen molar-refractivity contribution in [2.75, 3.05) is 39.3 Å². The highest BCUT2D eigenvalue weighted by atomic mass is 16.6. The second kappa shape index (κ2) is 10.3. The summed E-state index contributed by atoms with van der Waals surface area (Å²) in [6, 6.07) is 17.6. The lowest BCUT2D eigenvalue weighted by molar-refractivity contribution is 0.0520. The quantitative estimate of drug-likeness (QED) is 0.507. The molecule has 0 spiro atoms. The zero-order valence-corrected chi connectivity index (χ0v) is 20.1. The van der Waals surface area contributed by atoms with Crippen LogP contribution in [0.5, 0.6) is 11.5 Å². The van der Waals surface area contributed by atoms with Gasteiger partial charge in [-0.2, -0.15) is 0 Å². The molecule has 1 aromatic heterocycles. The van der Waals surface area contributed by atoms with Crippen molar-refractivity contribution < 1.29 is 19.0 Å². The van der Waals surface area contributed by atoms with E-state index in [4.69, 9.17) is 19.3 Å². The number of methoxy groups -OCH3 is 1. The minimum Gasteiger partial charge on any atom is -0.497 e. The summed E-state index contributed by atoms with van der Waals surface area (Å²) < 4.78 is 18.1. The van der Waals surface area contributed by atoms with Gasteiger partial charge in [0.1, 0.15) is 23.7 Å². The number of carbonyl (C=O) groups excluding carboxylic acids is 1. The van der Waals surface area contributed by atoms with Crippen molar-refractivity contribution in [2.45, 2.75) is 26.4 Å². The van der Waals surface area contributed by atoms with Crippen LogP contribution in [0.1, 0.15) is 20.8 Å². The van der Waals surface area contributed by atoms with E-state index >= 15 is 0 Å². The van der Waals surface area contributed by atoms with E-state index in [9.17, 15) is 4.79 Å². The van der Waals surface area contributed by atoms with Gasteiger partial charge in [0, 0.05) is 25.7 Å². The van der Waals surface area contributed by atoms with Gasteiger partial charge in [-0.1, -0.05) is 0 Å². The van der Waals surface area contributed by atoms with Crippen LogP contribution in [0.25, 0.3) is 16.9 Å². The van der Waals surface area contributed by atoms with Crippen LogP contribution in [0.15, 0.2) is 54.6 Å². The smallest absolute Gasteiger partial charge is 0.407 e. The van der Waals surface area contributed by atoms with Crippen molar-refractivity contribution in [1.82, 2.24) is 15.1 Å². The topological polar surface area (TPSA) is 77.9 Å². The number of carbonyl (C=O) groups is 1. The number of rotatable bonds is 8. The highest BCUT2D eigenvalue weighted by Crippen LogP contribution is 2.29. The third-order valence-corrected chi connectivity index (χ3v) is 4.66. The molecular formula is C25H32N4O4. The fourth-order valence-electron chi connectivity index (χ4n) is 3.07. The first-order chi connectivity index (χ1) is 15.7. The van der Waals surface area contributed by atoms with Crippen LogP contribution in [-0.2, 0) is 4.74 Å². The Morgan fingerprint density at radius 3 is 2.24 bits per heavy atom. The summed E-state index contributed by atoms with van der Waals surface area (Å²) in [5.41, 5.74) is 2.38. The third-order valence-electron chi connectivity index (χ3n) is 4.66. The van der Waals surface area contributed by atoms with Crippen LogP contribution < -0.4 is 19.7 Å². The van der Waals surface area contributed by atoms with Crippen molar-refractivity contribution in [3.63, 3.8) is 0 Å². The molecule has 1 heterocycles. The Morgan fingerprint density at radius 2 is 1.67 bits per heavy atom. The van der Waals surface area contributed by atoms with Gasteiger partial charge in [-0.25, -0.2) is 9.48 Å². The first-order valence-electron chi connectivity index (χ1n) is 10.8. The maximum Gasteiger partial charge on any atom is 0.407 e. The predicted molar refractivity (Wildman–Crippen MR) is 130 cm³/mol. The molecule has 1 N–H and O–H groups in total. The van der Waals surface area contributed by atoms with Gasteiger partial charge >= 0.3 is 6.09 Å². The monoisotopic (exact) mass is 452 g/mol. The fraction of sp³-hybridized carbons (Fsp3) is 0.360. The Balaban J connectivity index is 1.69. The van der Waals surface area contributed by atoms with E-state index < -0.39 is 11.7 Å². The van der Waals surface area contributed by atoms with Crippen molar-refractivity contribution in [3.8, 4) is 28.4 Å². The van der Waals surface area contributed by atoms with E-state index in [2.05, 4.69) is 5.32 Å². The lowest BCUT2D eigenvalue weighted by Gasteiger charge is -2.19. The molecule has 0 atom stereocenters. The highest BCUT2D eigenvalue weighted by molar-refractivity contribution is 5.68. The summed E-state index contributed by atoms with van der Waals surface area (Å²) in [5.74, 6) is 2.37. The first-order valence-corrected chi connectivity index (χ1v) is 10.8. The van der Waals surface area contributed by atoms with Gasteiger partial charge in [-0.05, 0) is 69.3 Å². The van der Waals surface area contributed by atoms with Crippen LogP contribution in [0.4, 0.5) is 10.6 Å². The number of ether oxygens (including phenoxy) is 3.